The van der Waals surface area contributed by atoms with Crippen LogP contribution < -0.4 is 5.32 Å². The average Bonchev–Trinajstić information content (AvgIpc) is 2.39. The number of rotatable bonds is 6. The van der Waals surface area contributed by atoms with Crippen molar-refractivity contribution in [1.29, 1.82) is 0 Å². The molecule has 0 spiro atoms. The maximum atomic E-state index is 13.5. The second kappa shape index (κ2) is 7.61. The SMILES string of the molecule is CC(C)C[C@@H](NC(=O)N(C)Cc1ccccc1F)C(=O)O. The number of aliphatic carboxylic acids is 1. The fourth-order valence-electron chi connectivity index (χ4n) is 1.91. The van der Waals surface area contributed by atoms with Gasteiger partial charge >= 0.3 is 12.0 Å². The van der Waals surface area contributed by atoms with Crippen molar-refractivity contribution in [2.45, 2.75) is 32.9 Å². The molecule has 2 N–H and O–H groups in total. The van der Waals surface area contributed by atoms with Crippen LogP contribution in [-0.2, 0) is 11.3 Å². The number of carboxylic acid groups (broad SMARTS) is 1. The molecule has 0 aromatic heterocycles. The van der Waals surface area contributed by atoms with Crippen LogP contribution in [-0.4, -0.2) is 35.1 Å². The van der Waals surface area contributed by atoms with Gasteiger partial charge in [0.05, 0.1) is 0 Å². The van der Waals surface area contributed by atoms with Gasteiger partial charge in [-0.1, -0.05) is 32.0 Å². The lowest BCUT2D eigenvalue weighted by atomic mass is 10.0. The minimum atomic E-state index is -1.07. The monoisotopic (exact) mass is 296 g/mol. The van der Waals surface area contributed by atoms with E-state index in [9.17, 15) is 14.0 Å². The molecule has 1 rings (SSSR count). The second-order valence-corrected chi connectivity index (χ2v) is 5.42. The maximum Gasteiger partial charge on any atom is 0.326 e. The fraction of sp³-hybridized carbons (Fsp3) is 0.467. The number of hydrogen-bond donors (Lipinski definition) is 2. The molecule has 6 heteroatoms. The highest BCUT2D eigenvalue weighted by atomic mass is 19.1. The quantitative estimate of drug-likeness (QED) is 0.847. The predicted octanol–water partition coefficient (Wildman–Crippen LogP) is 2.47. The molecule has 0 heterocycles. The Morgan fingerprint density at radius 2 is 1.95 bits per heavy atom. The van der Waals surface area contributed by atoms with E-state index < -0.39 is 23.9 Å². The second-order valence-electron chi connectivity index (χ2n) is 5.42. The Kier molecular flexibility index (Phi) is 6.14. The zero-order chi connectivity index (χ0) is 16.0. The first-order valence-electron chi connectivity index (χ1n) is 6.79. The van der Waals surface area contributed by atoms with E-state index in [0.717, 1.165) is 0 Å². The van der Waals surface area contributed by atoms with Crippen LogP contribution in [0.2, 0.25) is 0 Å². The van der Waals surface area contributed by atoms with Gasteiger partial charge in [0.2, 0.25) is 0 Å². The number of amides is 2. The van der Waals surface area contributed by atoms with Crippen molar-refractivity contribution in [3.05, 3.63) is 35.6 Å². The van der Waals surface area contributed by atoms with Crippen LogP contribution in [0.25, 0.3) is 0 Å². The van der Waals surface area contributed by atoms with Crippen molar-refractivity contribution in [3.8, 4) is 0 Å². The summed E-state index contributed by atoms with van der Waals surface area (Å²) in [5, 5.41) is 11.5. The largest absolute Gasteiger partial charge is 0.480 e. The molecule has 116 valence electrons. The Bertz CT molecular complexity index is 505. The molecule has 0 aliphatic rings. The summed E-state index contributed by atoms with van der Waals surface area (Å²) in [6.45, 7) is 3.84. The summed E-state index contributed by atoms with van der Waals surface area (Å²) in [6.07, 6.45) is 0.342. The van der Waals surface area contributed by atoms with E-state index in [1.54, 1.807) is 18.2 Å². The van der Waals surface area contributed by atoms with Gasteiger partial charge in [-0.3, -0.25) is 0 Å². The molecule has 2 amide bonds. The maximum absolute atomic E-state index is 13.5. The Morgan fingerprint density at radius 1 is 1.33 bits per heavy atom. The molecular weight excluding hydrogens is 275 g/mol. The van der Waals surface area contributed by atoms with Crippen LogP contribution in [0.1, 0.15) is 25.8 Å². The van der Waals surface area contributed by atoms with Crippen LogP contribution in [0.15, 0.2) is 24.3 Å². The third-order valence-electron chi connectivity index (χ3n) is 3.01. The summed E-state index contributed by atoms with van der Waals surface area (Å²) < 4.78 is 13.5. The minimum absolute atomic E-state index is 0.0759. The van der Waals surface area contributed by atoms with Gasteiger partial charge in [-0.2, -0.15) is 0 Å². The summed E-state index contributed by atoms with van der Waals surface area (Å²) >= 11 is 0. The highest BCUT2D eigenvalue weighted by molar-refractivity contribution is 5.82. The van der Waals surface area contributed by atoms with Gasteiger partial charge in [-0.15, -0.1) is 0 Å². The summed E-state index contributed by atoms with van der Waals surface area (Å²) in [5.74, 6) is -1.33. The van der Waals surface area contributed by atoms with E-state index >= 15 is 0 Å². The number of carboxylic acids is 1. The molecule has 0 radical (unpaired) electrons. The zero-order valence-electron chi connectivity index (χ0n) is 12.5. The highest BCUT2D eigenvalue weighted by Gasteiger charge is 2.23. The van der Waals surface area contributed by atoms with Crippen LogP contribution in [0.4, 0.5) is 9.18 Å². The Hall–Kier alpha value is -2.11. The van der Waals surface area contributed by atoms with Gasteiger partial charge in [-0.25, -0.2) is 14.0 Å². The smallest absolute Gasteiger partial charge is 0.326 e. The molecule has 1 atom stereocenters. The number of nitrogens with one attached hydrogen (secondary N) is 1. The predicted molar refractivity (Wildman–Crippen MR) is 77.3 cm³/mol. The lowest BCUT2D eigenvalue weighted by Crippen LogP contribution is -2.47. The summed E-state index contributed by atoms with van der Waals surface area (Å²) in [6, 6.07) is 4.68. The number of nitrogens with zero attached hydrogens (tertiary/aromatic N) is 1. The van der Waals surface area contributed by atoms with Crippen molar-refractivity contribution in [1.82, 2.24) is 10.2 Å². The molecule has 0 aliphatic carbocycles. The van der Waals surface area contributed by atoms with E-state index in [1.807, 2.05) is 13.8 Å². The van der Waals surface area contributed by atoms with Crippen LogP contribution in [0.5, 0.6) is 0 Å². The van der Waals surface area contributed by atoms with Crippen LogP contribution in [0, 0.1) is 11.7 Å². The third kappa shape index (κ3) is 5.41. The Balaban J connectivity index is 2.65. The Morgan fingerprint density at radius 3 is 2.48 bits per heavy atom. The highest BCUT2D eigenvalue weighted by Crippen LogP contribution is 2.10. The third-order valence-corrected chi connectivity index (χ3v) is 3.01. The number of halogens is 1. The fourth-order valence-corrected chi connectivity index (χ4v) is 1.91. The van der Waals surface area contributed by atoms with Crippen molar-refractivity contribution < 1.29 is 19.1 Å². The number of carbonyl (C=O) groups is 2. The normalized spacial score (nSPS) is 12.0. The van der Waals surface area contributed by atoms with Gasteiger partial charge in [0.15, 0.2) is 0 Å². The molecule has 1 aromatic rings. The zero-order valence-corrected chi connectivity index (χ0v) is 12.5. The van der Waals surface area contributed by atoms with Crippen molar-refractivity contribution >= 4 is 12.0 Å². The molecule has 0 bridgehead atoms. The number of urea groups is 1. The number of benzene rings is 1. The van der Waals surface area contributed by atoms with Crippen LogP contribution in [0.3, 0.4) is 0 Å². The minimum Gasteiger partial charge on any atom is -0.480 e. The van der Waals surface area contributed by atoms with E-state index in [-0.39, 0.29) is 12.5 Å². The van der Waals surface area contributed by atoms with Crippen molar-refractivity contribution in [2.75, 3.05) is 7.05 Å². The molecule has 0 fully saturated rings. The molecular formula is C15H21FN2O3. The number of hydrogen-bond acceptors (Lipinski definition) is 2. The average molecular weight is 296 g/mol. The van der Waals surface area contributed by atoms with Crippen molar-refractivity contribution in [3.63, 3.8) is 0 Å². The van der Waals surface area contributed by atoms with E-state index in [4.69, 9.17) is 5.11 Å². The van der Waals surface area contributed by atoms with Gasteiger partial charge in [0.25, 0.3) is 0 Å². The summed E-state index contributed by atoms with van der Waals surface area (Å²) in [5.41, 5.74) is 0.380. The van der Waals surface area contributed by atoms with Crippen molar-refractivity contribution in [2.24, 2.45) is 5.92 Å². The molecule has 0 saturated heterocycles. The first kappa shape index (κ1) is 16.9. The molecule has 0 unspecified atom stereocenters. The summed E-state index contributed by atoms with van der Waals surface area (Å²) in [4.78, 5) is 24.4. The van der Waals surface area contributed by atoms with E-state index in [1.165, 1.54) is 18.0 Å². The van der Waals surface area contributed by atoms with Gasteiger partial charge in [0.1, 0.15) is 11.9 Å². The molecule has 0 saturated carbocycles. The molecule has 5 nitrogen and oxygen atoms in total. The molecule has 0 aliphatic heterocycles. The van der Waals surface area contributed by atoms with Gasteiger partial charge in [-0.05, 0) is 18.4 Å². The van der Waals surface area contributed by atoms with E-state index in [2.05, 4.69) is 5.32 Å². The first-order valence-corrected chi connectivity index (χ1v) is 6.79. The lowest BCUT2D eigenvalue weighted by Gasteiger charge is -2.22. The first-order chi connectivity index (χ1) is 9.81. The van der Waals surface area contributed by atoms with E-state index in [0.29, 0.717) is 12.0 Å². The molecule has 21 heavy (non-hydrogen) atoms. The molecule has 1 aromatic carbocycles. The lowest BCUT2D eigenvalue weighted by molar-refractivity contribution is -0.139. The Labute approximate surface area is 123 Å². The topological polar surface area (TPSA) is 69.6 Å². The van der Waals surface area contributed by atoms with Crippen LogP contribution >= 0.6 is 0 Å². The number of carbonyl (C=O) groups excluding carboxylic acids is 1. The summed E-state index contributed by atoms with van der Waals surface area (Å²) in [7, 11) is 1.50. The van der Waals surface area contributed by atoms with Gasteiger partial charge in [0, 0.05) is 19.2 Å². The van der Waals surface area contributed by atoms with Gasteiger partial charge < -0.3 is 15.3 Å². The standard InChI is InChI=1S/C15H21FN2O3/c1-10(2)8-13(14(19)20)17-15(21)18(3)9-11-6-4-5-7-12(11)16/h4-7,10,13H,8-9H2,1-3H3,(H,17,21)(H,19,20)/t13-/m1/s1.